The molecule has 0 amide bonds. The molecular weight excluding hydrogens is 262 g/mol. The molecule has 0 aliphatic heterocycles. The van der Waals surface area contributed by atoms with Crippen LogP contribution in [0.15, 0.2) is 42.5 Å². The maximum absolute atomic E-state index is 11.9. The number of anilines is 1. The fraction of sp³-hybridized carbons (Fsp3) is 0.278. The van der Waals surface area contributed by atoms with Crippen LogP contribution in [0.3, 0.4) is 0 Å². The number of carbonyl (C=O) groups is 1. The zero-order valence-corrected chi connectivity index (χ0v) is 12.9. The van der Waals surface area contributed by atoms with Crippen LogP contribution in [0.4, 0.5) is 5.69 Å². The summed E-state index contributed by atoms with van der Waals surface area (Å²) in [4.78, 5) is 11.9. The Balaban J connectivity index is 2.26. The van der Waals surface area contributed by atoms with Gasteiger partial charge in [-0.05, 0) is 38.5 Å². The van der Waals surface area contributed by atoms with Crippen LogP contribution < -0.4 is 5.32 Å². The third-order valence-corrected chi connectivity index (χ3v) is 3.53. The van der Waals surface area contributed by atoms with Gasteiger partial charge in [-0.2, -0.15) is 0 Å². The number of hydrogen-bond acceptors (Lipinski definition) is 3. The lowest BCUT2D eigenvalue weighted by molar-refractivity contribution is 0.0601. The fourth-order valence-electron chi connectivity index (χ4n) is 2.23. The van der Waals surface area contributed by atoms with Gasteiger partial charge in [0.2, 0.25) is 0 Å². The zero-order chi connectivity index (χ0) is 15.4. The van der Waals surface area contributed by atoms with E-state index in [0.717, 1.165) is 11.3 Å². The Labute approximate surface area is 126 Å². The Morgan fingerprint density at radius 3 is 2.29 bits per heavy atom. The average Bonchev–Trinajstić information content (AvgIpc) is 2.48. The molecule has 0 radical (unpaired) electrons. The third-order valence-electron chi connectivity index (χ3n) is 3.53. The highest BCUT2D eigenvalue weighted by molar-refractivity contribution is 5.95. The Kier molecular flexibility index (Phi) is 4.63. The minimum atomic E-state index is -0.322. The maximum Gasteiger partial charge on any atom is 0.339 e. The second-order valence-electron chi connectivity index (χ2n) is 5.32. The normalized spacial score (nSPS) is 11.8. The molecule has 0 saturated heterocycles. The molecule has 0 bridgehead atoms. The van der Waals surface area contributed by atoms with Crippen LogP contribution in [0.2, 0.25) is 0 Å². The van der Waals surface area contributed by atoms with Crippen LogP contribution in [0.5, 0.6) is 0 Å². The highest BCUT2D eigenvalue weighted by Crippen LogP contribution is 2.24. The molecule has 2 aromatic rings. The molecule has 2 rings (SSSR count). The van der Waals surface area contributed by atoms with Crippen molar-refractivity contribution in [1.82, 2.24) is 0 Å². The van der Waals surface area contributed by atoms with Crippen molar-refractivity contribution < 1.29 is 9.53 Å². The summed E-state index contributed by atoms with van der Waals surface area (Å²) in [7, 11) is 1.40. The molecule has 1 unspecified atom stereocenters. The molecule has 0 aromatic heterocycles. The van der Waals surface area contributed by atoms with Gasteiger partial charge >= 0.3 is 5.97 Å². The lowest BCUT2D eigenvalue weighted by Gasteiger charge is -2.18. The molecule has 21 heavy (non-hydrogen) atoms. The Bertz CT molecular complexity index is 632. The Morgan fingerprint density at radius 2 is 1.67 bits per heavy atom. The first-order valence-electron chi connectivity index (χ1n) is 7.03. The van der Waals surface area contributed by atoms with Crippen LogP contribution >= 0.6 is 0 Å². The van der Waals surface area contributed by atoms with E-state index in [4.69, 9.17) is 4.74 Å². The van der Waals surface area contributed by atoms with Crippen LogP contribution in [-0.2, 0) is 4.74 Å². The number of aryl methyl sites for hydroxylation is 2. The second kappa shape index (κ2) is 6.44. The van der Waals surface area contributed by atoms with E-state index < -0.39 is 0 Å². The summed E-state index contributed by atoms with van der Waals surface area (Å²) in [5.41, 5.74) is 4.80. The molecule has 1 atom stereocenters. The number of nitrogens with one attached hydrogen (secondary N) is 1. The van der Waals surface area contributed by atoms with Gasteiger partial charge in [0.05, 0.1) is 12.7 Å². The summed E-state index contributed by atoms with van der Waals surface area (Å²) >= 11 is 0. The monoisotopic (exact) mass is 283 g/mol. The third kappa shape index (κ3) is 3.63. The first-order valence-corrected chi connectivity index (χ1v) is 7.03. The van der Waals surface area contributed by atoms with Gasteiger partial charge in [0.15, 0.2) is 0 Å². The van der Waals surface area contributed by atoms with Crippen LogP contribution in [-0.4, -0.2) is 13.1 Å². The summed E-state index contributed by atoms with van der Waals surface area (Å²) in [5, 5.41) is 3.39. The SMILES string of the molecule is COC(=O)c1cc(C)ccc1NC(C)c1ccc(C)cc1. The molecule has 0 spiro atoms. The topological polar surface area (TPSA) is 38.3 Å². The van der Waals surface area contributed by atoms with E-state index >= 15 is 0 Å². The van der Waals surface area contributed by atoms with Gasteiger partial charge in [-0.15, -0.1) is 0 Å². The predicted octanol–water partition coefficient (Wildman–Crippen LogP) is 4.26. The van der Waals surface area contributed by atoms with Gasteiger partial charge in [-0.3, -0.25) is 0 Å². The largest absolute Gasteiger partial charge is 0.465 e. The standard InChI is InChI=1S/C18H21NO2/c1-12-5-8-15(9-6-12)14(3)19-17-10-7-13(2)11-16(17)18(20)21-4/h5-11,14,19H,1-4H3. The smallest absolute Gasteiger partial charge is 0.339 e. The first kappa shape index (κ1) is 15.1. The molecule has 0 fully saturated rings. The van der Waals surface area contributed by atoms with Crippen molar-refractivity contribution in [2.24, 2.45) is 0 Å². The molecule has 2 aromatic carbocycles. The van der Waals surface area contributed by atoms with E-state index in [1.807, 2.05) is 25.1 Å². The Morgan fingerprint density at radius 1 is 1.05 bits per heavy atom. The van der Waals surface area contributed by atoms with Gasteiger partial charge in [-0.1, -0.05) is 41.5 Å². The van der Waals surface area contributed by atoms with Crippen molar-refractivity contribution in [2.45, 2.75) is 26.8 Å². The van der Waals surface area contributed by atoms with Gasteiger partial charge in [0.25, 0.3) is 0 Å². The zero-order valence-electron chi connectivity index (χ0n) is 12.9. The van der Waals surface area contributed by atoms with Crippen molar-refractivity contribution in [1.29, 1.82) is 0 Å². The number of carbonyl (C=O) groups excluding carboxylic acids is 1. The predicted molar refractivity (Wildman–Crippen MR) is 85.7 cm³/mol. The van der Waals surface area contributed by atoms with E-state index in [1.54, 1.807) is 0 Å². The van der Waals surface area contributed by atoms with Crippen LogP contribution in [0.1, 0.15) is 40.0 Å². The van der Waals surface area contributed by atoms with Crippen molar-refractivity contribution in [2.75, 3.05) is 12.4 Å². The first-order chi connectivity index (χ1) is 10.0. The summed E-state index contributed by atoms with van der Waals surface area (Å²) < 4.78 is 4.86. The van der Waals surface area contributed by atoms with Crippen LogP contribution in [0.25, 0.3) is 0 Å². The highest BCUT2D eigenvalue weighted by atomic mass is 16.5. The number of benzene rings is 2. The van der Waals surface area contributed by atoms with Gasteiger partial charge in [-0.25, -0.2) is 4.79 Å². The Hall–Kier alpha value is -2.29. The lowest BCUT2D eigenvalue weighted by Crippen LogP contribution is -2.12. The van der Waals surface area contributed by atoms with Crippen LogP contribution in [0, 0.1) is 13.8 Å². The summed E-state index contributed by atoms with van der Waals surface area (Å²) in [6, 6.07) is 14.2. The summed E-state index contributed by atoms with van der Waals surface area (Å²) in [6.07, 6.45) is 0. The summed E-state index contributed by atoms with van der Waals surface area (Å²) in [5.74, 6) is -0.322. The van der Waals surface area contributed by atoms with Crippen molar-refractivity contribution in [3.63, 3.8) is 0 Å². The van der Waals surface area contributed by atoms with Gasteiger partial charge in [0.1, 0.15) is 0 Å². The van der Waals surface area contributed by atoms with E-state index in [2.05, 4.69) is 43.4 Å². The number of esters is 1. The van der Waals surface area contributed by atoms with Crippen molar-refractivity contribution in [3.05, 3.63) is 64.7 Å². The number of methoxy groups -OCH3 is 1. The second-order valence-corrected chi connectivity index (χ2v) is 5.32. The average molecular weight is 283 g/mol. The molecule has 0 saturated carbocycles. The number of rotatable bonds is 4. The lowest BCUT2D eigenvalue weighted by atomic mass is 10.0. The molecule has 0 heterocycles. The molecule has 3 nitrogen and oxygen atoms in total. The summed E-state index contributed by atoms with van der Waals surface area (Å²) in [6.45, 7) is 6.10. The quantitative estimate of drug-likeness (QED) is 0.852. The minimum Gasteiger partial charge on any atom is -0.465 e. The van der Waals surface area contributed by atoms with E-state index in [1.165, 1.54) is 18.2 Å². The van der Waals surface area contributed by atoms with Crippen molar-refractivity contribution >= 4 is 11.7 Å². The highest BCUT2D eigenvalue weighted by Gasteiger charge is 2.14. The molecule has 3 heteroatoms. The fourth-order valence-corrected chi connectivity index (χ4v) is 2.23. The molecule has 0 aliphatic carbocycles. The minimum absolute atomic E-state index is 0.108. The molecule has 1 N–H and O–H groups in total. The van der Waals surface area contributed by atoms with E-state index in [-0.39, 0.29) is 12.0 Å². The maximum atomic E-state index is 11.9. The number of hydrogen-bond donors (Lipinski definition) is 1. The van der Waals surface area contributed by atoms with E-state index in [0.29, 0.717) is 5.56 Å². The van der Waals surface area contributed by atoms with E-state index in [9.17, 15) is 4.79 Å². The molecular formula is C18H21NO2. The van der Waals surface area contributed by atoms with Gasteiger partial charge < -0.3 is 10.1 Å². The molecule has 0 aliphatic rings. The molecule has 110 valence electrons. The van der Waals surface area contributed by atoms with Gasteiger partial charge in [0, 0.05) is 11.7 Å². The number of ether oxygens (including phenoxy) is 1. The van der Waals surface area contributed by atoms with Crippen molar-refractivity contribution in [3.8, 4) is 0 Å².